The highest BCUT2D eigenvalue weighted by molar-refractivity contribution is 6.05. The predicted molar refractivity (Wildman–Crippen MR) is 123 cm³/mol. The molecule has 6 heteroatoms. The number of rotatable bonds is 3. The monoisotopic (exact) mass is 446 g/mol. The SMILES string of the molecule is Cc1cc(C(=O)Nc2ccc3c(c2)Cc2ccccc2-3)c(C)n1-c1ccccc1C(F)(F)F. The van der Waals surface area contributed by atoms with E-state index in [1.54, 1.807) is 26.0 Å². The van der Waals surface area contributed by atoms with Crippen LogP contribution in [0.1, 0.15) is 38.4 Å². The molecule has 1 aromatic heterocycles. The molecule has 0 atom stereocenters. The van der Waals surface area contributed by atoms with Crippen LogP contribution in [-0.4, -0.2) is 10.5 Å². The molecule has 0 aliphatic heterocycles. The zero-order valence-corrected chi connectivity index (χ0v) is 18.1. The number of carbonyl (C=O) groups is 1. The lowest BCUT2D eigenvalue weighted by Crippen LogP contribution is -2.15. The number of anilines is 1. The lowest BCUT2D eigenvalue weighted by atomic mass is 10.1. The lowest BCUT2D eigenvalue weighted by Gasteiger charge is -2.17. The third kappa shape index (κ3) is 3.61. The molecule has 0 saturated carbocycles. The van der Waals surface area contributed by atoms with Crippen LogP contribution in [0.25, 0.3) is 16.8 Å². The van der Waals surface area contributed by atoms with Gasteiger partial charge in [-0.05, 0) is 72.9 Å². The number of fused-ring (bicyclic) bond motifs is 3. The highest BCUT2D eigenvalue weighted by Crippen LogP contribution is 2.38. The first kappa shape index (κ1) is 21.1. The van der Waals surface area contributed by atoms with Gasteiger partial charge in [0.25, 0.3) is 5.91 Å². The van der Waals surface area contributed by atoms with Crippen LogP contribution in [0.2, 0.25) is 0 Å². The van der Waals surface area contributed by atoms with Crippen molar-refractivity contribution < 1.29 is 18.0 Å². The van der Waals surface area contributed by atoms with E-state index in [0.717, 1.165) is 23.6 Å². The Morgan fingerprint density at radius 3 is 2.36 bits per heavy atom. The van der Waals surface area contributed by atoms with Crippen molar-refractivity contribution in [1.82, 2.24) is 4.57 Å². The van der Waals surface area contributed by atoms with Crippen LogP contribution in [0.4, 0.5) is 18.9 Å². The molecule has 0 spiro atoms. The summed E-state index contributed by atoms with van der Waals surface area (Å²) in [5, 5.41) is 2.92. The smallest absolute Gasteiger partial charge is 0.322 e. The Kier molecular flexibility index (Phi) is 4.89. The van der Waals surface area contributed by atoms with E-state index in [1.165, 1.54) is 27.8 Å². The largest absolute Gasteiger partial charge is 0.418 e. The van der Waals surface area contributed by atoms with Gasteiger partial charge in [0.15, 0.2) is 0 Å². The van der Waals surface area contributed by atoms with E-state index in [9.17, 15) is 18.0 Å². The number of amides is 1. The molecule has 4 aromatic rings. The molecular formula is C27H21F3N2O. The number of nitrogens with one attached hydrogen (secondary N) is 1. The van der Waals surface area contributed by atoms with Crippen LogP contribution in [0, 0.1) is 13.8 Å². The maximum atomic E-state index is 13.6. The molecule has 1 N–H and O–H groups in total. The Bertz CT molecular complexity index is 1400. The van der Waals surface area contributed by atoms with Crippen molar-refractivity contribution in [1.29, 1.82) is 0 Å². The van der Waals surface area contributed by atoms with E-state index < -0.39 is 11.7 Å². The zero-order chi connectivity index (χ0) is 23.3. The fraction of sp³-hybridized carbons (Fsp3) is 0.148. The van der Waals surface area contributed by atoms with Crippen molar-refractivity contribution in [3.63, 3.8) is 0 Å². The van der Waals surface area contributed by atoms with E-state index in [4.69, 9.17) is 0 Å². The summed E-state index contributed by atoms with van der Waals surface area (Å²) in [7, 11) is 0. The summed E-state index contributed by atoms with van der Waals surface area (Å²) < 4.78 is 42.2. The van der Waals surface area contributed by atoms with Gasteiger partial charge < -0.3 is 9.88 Å². The predicted octanol–water partition coefficient (Wildman–Crippen LogP) is 6.94. The molecule has 0 unspecified atom stereocenters. The van der Waals surface area contributed by atoms with Crippen molar-refractivity contribution in [3.05, 3.63) is 106 Å². The third-order valence-corrected chi connectivity index (χ3v) is 6.18. The van der Waals surface area contributed by atoms with E-state index in [2.05, 4.69) is 17.4 Å². The van der Waals surface area contributed by atoms with E-state index in [0.29, 0.717) is 22.6 Å². The van der Waals surface area contributed by atoms with Crippen molar-refractivity contribution in [3.8, 4) is 16.8 Å². The average Bonchev–Trinajstić information content (AvgIpc) is 3.29. The third-order valence-electron chi connectivity index (χ3n) is 6.18. The second-order valence-electron chi connectivity index (χ2n) is 8.30. The summed E-state index contributed by atoms with van der Waals surface area (Å²) in [6.07, 6.45) is -3.69. The molecule has 166 valence electrons. The van der Waals surface area contributed by atoms with Crippen LogP contribution in [0.5, 0.6) is 0 Å². The van der Waals surface area contributed by atoms with Crippen LogP contribution < -0.4 is 5.32 Å². The Balaban J connectivity index is 1.46. The van der Waals surface area contributed by atoms with Gasteiger partial charge in [-0.2, -0.15) is 13.2 Å². The zero-order valence-electron chi connectivity index (χ0n) is 18.1. The fourth-order valence-electron chi connectivity index (χ4n) is 4.69. The Morgan fingerprint density at radius 2 is 1.58 bits per heavy atom. The highest BCUT2D eigenvalue weighted by Gasteiger charge is 2.34. The van der Waals surface area contributed by atoms with Crippen LogP contribution >= 0.6 is 0 Å². The molecule has 0 radical (unpaired) electrons. The van der Waals surface area contributed by atoms with Gasteiger partial charge >= 0.3 is 6.18 Å². The fourth-order valence-corrected chi connectivity index (χ4v) is 4.69. The molecule has 1 aliphatic rings. The molecule has 3 nitrogen and oxygen atoms in total. The summed E-state index contributed by atoms with van der Waals surface area (Å²) in [6.45, 7) is 3.36. The molecule has 5 rings (SSSR count). The molecule has 0 fully saturated rings. The van der Waals surface area contributed by atoms with Gasteiger partial charge in [0.05, 0.1) is 16.8 Å². The molecule has 3 aromatic carbocycles. The van der Waals surface area contributed by atoms with E-state index in [-0.39, 0.29) is 11.6 Å². The number of carbonyl (C=O) groups excluding carboxylic acids is 1. The van der Waals surface area contributed by atoms with Crippen LogP contribution in [-0.2, 0) is 12.6 Å². The number of hydrogen-bond donors (Lipinski definition) is 1. The van der Waals surface area contributed by atoms with Crippen LogP contribution in [0.3, 0.4) is 0 Å². The molecule has 0 bridgehead atoms. The molecule has 1 aliphatic carbocycles. The maximum Gasteiger partial charge on any atom is 0.418 e. The van der Waals surface area contributed by atoms with Gasteiger partial charge in [0, 0.05) is 17.1 Å². The first-order chi connectivity index (χ1) is 15.7. The van der Waals surface area contributed by atoms with Crippen molar-refractivity contribution in [2.24, 2.45) is 0 Å². The summed E-state index contributed by atoms with van der Waals surface area (Å²) in [5.41, 5.74) is 6.03. The number of aryl methyl sites for hydroxylation is 1. The van der Waals surface area contributed by atoms with E-state index in [1.807, 2.05) is 30.3 Å². The number of aromatic nitrogens is 1. The van der Waals surface area contributed by atoms with Crippen molar-refractivity contribution >= 4 is 11.6 Å². The Hall–Kier alpha value is -3.80. The Labute approximate surface area is 189 Å². The van der Waals surface area contributed by atoms with Gasteiger partial charge in [-0.1, -0.05) is 42.5 Å². The lowest BCUT2D eigenvalue weighted by molar-refractivity contribution is -0.137. The van der Waals surface area contributed by atoms with Gasteiger partial charge in [0.2, 0.25) is 0 Å². The van der Waals surface area contributed by atoms with E-state index >= 15 is 0 Å². The van der Waals surface area contributed by atoms with Gasteiger partial charge in [-0.3, -0.25) is 4.79 Å². The molecular weight excluding hydrogens is 425 g/mol. The first-order valence-electron chi connectivity index (χ1n) is 10.6. The second-order valence-corrected chi connectivity index (χ2v) is 8.30. The minimum atomic E-state index is -4.50. The van der Waals surface area contributed by atoms with Crippen molar-refractivity contribution in [2.75, 3.05) is 5.32 Å². The van der Waals surface area contributed by atoms with Crippen molar-refractivity contribution in [2.45, 2.75) is 26.4 Å². The number of benzene rings is 3. The summed E-state index contributed by atoms with van der Waals surface area (Å²) >= 11 is 0. The Morgan fingerprint density at radius 1 is 0.879 bits per heavy atom. The average molecular weight is 446 g/mol. The number of hydrogen-bond acceptors (Lipinski definition) is 1. The van der Waals surface area contributed by atoms with Gasteiger partial charge in [-0.15, -0.1) is 0 Å². The molecule has 33 heavy (non-hydrogen) atoms. The summed E-state index contributed by atoms with van der Waals surface area (Å²) in [5.74, 6) is -0.352. The molecule has 1 amide bonds. The quantitative estimate of drug-likeness (QED) is 0.320. The molecule has 1 heterocycles. The first-order valence-corrected chi connectivity index (χ1v) is 10.6. The normalized spacial score (nSPS) is 12.4. The second kappa shape index (κ2) is 7.66. The standard InChI is InChI=1S/C27H21F3N2O/c1-16-13-23(17(2)32(16)25-10-6-5-9-24(25)27(28,29)30)26(33)31-20-11-12-22-19(15-20)14-18-7-3-4-8-21(18)22/h3-13,15H,14H2,1-2H3,(H,31,33). The van der Waals surface area contributed by atoms with Gasteiger partial charge in [0.1, 0.15) is 0 Å². The maximum absolute atomic E-state index is 13.6. The van der Waals surface area contributed by atoms with Gasteiger partial charge in [-0.25, -0.2) is 0 Å². The number of halogens is 3. The topological polar surface area (TPSA) is 34.0 Å². The number of nitrogens with zero attached hydrogens (tertiary/aromatic N) is 1. The summed E-state index contributed by atoms with van der Waals surface area (Å²) in [6, 6.07) is 21.1. The molecule has 0 saturated heterocycles. The number of alkyl halides is 3. The minimum Gasteiger partial charge on any atom is -0.322 e. The number of para-hydroxylation sites is 1. The highest BCUT2D eigenvalue weighted by atomic mass is 19.4. The summed E-state index contributed by atoms with van der Waals surface area (Å²) in [4.78, 5) is 13.1. The van der Waals surface area contributed by atoms with Crippen LogP contribution in [0.15, 0.2) is 72.8 Å². The minimum absolute atomic E-state index is 0.00865.